The number of carbonyl (C=O) groups excluding carboxylic acids is 3. The Hall–Kier alpha value is -2.17. The Morgan fingerprint density at radius 3 is 2.89 bits per heavy atom. The van der Waals surface area contributed by atoms with E-state index in [0.29, 0.717) is 24.9 Å². The van der Waals surface area contributed by atoms with Gasteiger partial charge in [-0.3, -0.25) is 19.7 Å². The van der Waals surface area contributed by atoms with Crippen LogP contribution in [-0.4, -0.2) is 29.2 Å². The molecule has 2 rings (SSSR count). The number of benzene rings is 1. The fourth-order valence-electron chi connectivity index (χ4n) is 2.43. The zero-order valence-corrected chi connectivity index (χ0v) is 11.0. The minimum atomic E-state index is -0.606. The summed E-state index contributed by atoms with van der Waals surface area (Å²) >= 11 is 0. The van der Waals surface area contributed by atoms with Crippen LogP contribution in [0.15, 0.2) is 18.2 Å². The van der Waals surface area contributed by atoms with Gasteiger partial charge in [-0.15, -0.1) is 0 Å². The molecule has 1 aliphatic heterocycles. The fourth-order valence-corrected chi connectivity index (χ4v) is 2.43. The molecule has 1 unspecified atom stereocenters. The first kappa shape index (κ1) is 13.3. The maximum Gasteiger partial charge on any atom is 0.255 e. The van der Waals surface area contributed by atoms with E-state index in [1.165, 1.54) is 4.90 Å². The van der Waals surface area contributed by atoms with Crippen LogP contribution in [0.5, 0.6) is 0 Å². The van der Waals surface area contributed by atoms with Gasteiger partial charge in [-0.05, 0) is 25.0 Å². The van der Waals surface area contributed by atoms with Gasteiger partial charge in [0, 0.05) is 12.1 Å². The van der Waals surface area contributed by atoms with Crippen LogP contribution in [-0.2, 0) is 16.1 Å². The molecule has 0 aliphatic carbocycles. The van der Waals surface area contributed by atoms with Crippen molar-refractivity contribution in [3.05, 3.63) is 34.9 Å². The minimum Gasteiger partial charge on any atom is -0.322 e. The highest BCUT2D eigenvalue weighted by molar-refractivity contribution is 6.02. The summed E-state index contributed by atoms with van der Waals surface area (Å²) in [7, 11) is 0. The number of nitrogens with one attached hydrogen (secondary N) is 1. The van der Waals surface area contributed by atoms with Crippen LogP contribution in [0.25, 0.3) is 0 Å². The largest absolute Gasteiger partial charge is 0.322 e. The molecule has 0 radical (unpaired) electrons. The van der Waals surface area contributed by atoms with Gasteiger partial charge in [0.25, 0.3) is 5.91 Å². The summed E-state index contributed by atoms with van der Waals surface area (Å²) in [6.07, 6.45) is 0.821. The third-order valence-corrected chi connectivity index (χ3v) is 3.36. The lowest BCUT2D eigenvalue weighted by molar-refractivity contribution is -0.129. The molecule has 3 amide bonds. The van der Waals surface area contributed by atoms with Gasteiger partial charge >= 0.3 is 0 Å². The summed E-state index contributed by atoms with van der Waals surface area (Å²) < 4.78 is 0. The van der Waals surface area contributed by atoms with Gasteiger partial charge < -0.3 is 4.90 Å². The van der Waals surface area contributed by atoms with Crippen LogP contribution in [0.1, 0.15) is 34.8 Å². The Balaban J connectivity index is 2.27. The molecule has 1 atom stereocenters. The molecule has 0 aromatic heterocycles. The number of amides is 3. The summed E-state index contributed by atoms with van der Waals surface area (Å²) in [5.41, 5.74) is 2.66. The highest BCUT2D eigenvalue weighted by Gasteiger charge is 2.35. The first-order valence-corrected chi connectivity index (χ1v) is 6.23. The van der Waals surface area contributed by atoms with Crippen molar-refractivity contribution in [1.29, 1.82) is 0 Å². The van der Waals surface area contributed by atoms with Crippen molar-refractivity contribution in [2.24, 2.45) is 0 Å². The third-order valence-electron chi connectivity index (χ3n) is 3.36. The minimum absolute atomic E-state index is 0.150. The summed E-state index contributed by atoms with van der Waals surface area (Å²) in [5, 5.41) is 2.12. The van der Waals surface area contributed by atoms with Gasteiger partial charge in [-0.25, -0.2) is 0 Å². The van der Waals surface area contributed by atoms with Crippen molar-refractivity contribution < 1.29 is 14.4 Å². The van der Waals surface area contributed by atoms with E-state index in [2.05, 4.69) is 5.32 Å². The Bertz CT molecular complexity index is 539. The Labute approximate surface area is 111 Å². The highest BCUT2D eigenvalue weighted by Crippen LogP contribution is 2.26. The summed E-state index contributed by atoms with van der Waals surface area (Å²) in [6.45, 7) is 4.20. The molecule has 19 heavy (non-hydrogen) atoms. The lowest BCUT2D eigenvalue weighted by Gasteiger charge is -2.24. The summed E-state index contributed by atoms with van der Waals surface area (Å²) in [5.74, 6) is -0.585. The Kier molecular flexibility index (Phi) is 3.64. The standard InChI is InChI=1S/C14H16N2O3/c1-3-12(13(18)15-8-17)16-7-10-6-9(2)4-5-11(10)14(16)19/h4-6,8,12H,3,7H2,1-2H3,(H,15,17,18). The van der Waals surface area contributed by atoms with Crippen LogP contribution < -0.4 is 5.32 Å². The number of hydrogen-bond donors (Lipinski definition) is 1. The van der Waals surface area contributed by atoms with E-state index in [1.54, 1.807) is 6.07 Å². The molecule has 0 saturated carbocycles. The highest BCUT2D eigenvalue weighted by atomic mass is 16.2. The average molecular weight is 260 g/mol. The Morgan fingerprint density at radius 1 is 1.53 bits per heavy atom. The lowest BCUT2D eigenvalue weighted by atomic mass is 10.1. The smallest absolute Gasteiger partial charge is 0.255 e. The summed E-state index contributed by atoms with van der Waals surface area (Å²) in [6, 6.07) is 5.02. The molecule has 5 heteroatoms. The molecular weight excluding hydrogens is 244 g/mol. The van der Waals surface area contributed by atoms with Gasteiger partial charge in [0.2, 0.25) is 12.3 Å². The third kappa shape index (κ3) is 2.36. The molecule has 1 aromatic carbocycles. The summed E-state index contributed by atoms with van der Waals surface area (Å²) in [4.78, 5) is 35.9. The molecule has 1 heterocycles. The average Bonchev–Trinajstić information content (AvgIpc) is 2.68. The molecule has 5 nitrogen and oxygen atoms in total. The van der Waals surface area contributed by atoms with Crippen molar-refractivity contribution >= 4 is 18.2 Å². The van der Waals surface area contributed by atoms with E-state index in [-0.39, 0.29) is 5.91 Å². The van der Waals surface area contributed by atoms with E-state index in [9.17, 15) is 14.4 Å². The number of nitrogens with zero attached hydrogens (tertiary/aromatic N) is 1. The van der Waals surface area contributed by atoms with Crippen LogP contribution in [0.4, 0.5) is 0 Å². The molecular formula is C14H16N2O3. The van der Waals surface area contributed by atoms with Crippen molar-refractivity contribution in [1.82, 2.24) is 10.2 Å². The zero-order chi connectivity index (χ0) is 14.0. The predicted molar refractivity (Wildman–Crippen MR) is 69.3 cm³/mol. The van der Waals surface area contributed by atoms with E-state index in [4.69, 9.17) is 0 Å². The van der Waals surface area contributed by atoms with Gasteiger partial charge in [0.1, 0.15) is 6.04 Å². The maximum atomic E-state index is 12.3. The monoisotopic (exact) mass is 260 g/mol. The van der Waals surface area contributed by atoms with Crippen LogP contribution in [0.3, 0.4) is 0 Å². The van der Waals surface area contributed by atoms with Crippen LogP contribution in [0.2, 0.25) is 0 Å². The molecule has 100 valence electrons. The van der Waals surface area contributed by atoms with Gasteiger partial charge in [0.05, 0.1) is 0 Å². The maximum absolute atomic E-state index is 12.3. The predicted octanol–water partition coefficient (Wildman–Crippen LogP) is 1.00. The number of imide groups is 1. The number of hydrogen-bond acceptors (Lipinski definition) is 3. The molecule has 1 aromatic rings. The van der Waals surface area contributed by atoms with Crippen molar-refractivity contribution in [3.8, 4) is 0 Å². The molecule has 1 aliphatic rings. The second-order valence-electron chi connectivity index (χ2n) is 4.64. The molecule has 0 fully saturated rings. The van der Waals surface area contributed by atoms with Gasteiger partial charge in [0.15, 0.2) is 0 Å². The lowest BCUT2D eigenvalue weighted by Crippen LogP contribution is -2.46. The normalized spacial score (nSPS) is 15.1. The van der Waals surface area contributed by atoms with Gasteiger partial charge in [-0.1, -0.05) is 24.6 Å². The SMILES string of the molecule is CCC(C(=O)NC=O)N1Cc2cc(C)ccc2C1=O. The number of carbonyl (C=O) groups is 3. The van der Waals surface area contributed by atoms with Crippen molar-refractivity contribution in [2.45, 2.75) is 32.9 Å². The fraction of sp³-hybridized carbons (Fsp3) is 0.357. The molecule has 0 spiro atoms. The number of rotatable bonds is 4. The second-order valence-corrected chi connectivity index (χ2v) is 4.64. The van der Waals surface area contributed by atoms with Crippen molar-refractivity contribution in [3.63, 3.8) is 0 Å². The van der Waals surface area contributed by atoms with E-state index in [1.807, 2.05) is 26.0 Å². The quantitative estimate of drug-likeness (QED) is 0.821. The van der Waals surface area contributed by atoms with E-state index in [0.717, 1.165) is 11.1 Å². The number of fused-ring (bicyclic) bond motifs is 1. The topological polar surface area (TPSA) is 66.5 Å². The molecule has 1 N–H and O–H groups in total. The molecule has 0 saturated heterocycles. The van der Waals surface area contributed by atoms with Crippen molar-refractivity contribution in [2.75, 3.05) is 0 Å². The van der Waals surface area contributed by atoms with Crippen LogP contribution in [0, 0.1) is 6.92 Å². The zero-order valence-electron chi connectivity index (χ0n) is 11.0. The molecule has 0 bridgehead atoms. The van der Waals surface area contributed by atoms with E-state index >= 15 is 0 Å². The van der Waals surface area contributed by atoms with E-state index < -0.39 is 11.9 Å². The van der Waals surface area contributed by atoms with Gasteiger partial charge in [-0.2, -0.15) is 0 Å². The first-order chi connectivity index (χ1) is 9.08. The number of aryl methyl sites for hydroxylation is 1. The Morgan fingerprint density at radius 2 is 2.26 bits per heavy atom. The first-order valence-electron chi connectivity index (χ1n) is 6.23. The second kappa shape index (κ2) is 5.22. The van der Waals surface area contributed by atoms with Crippen LogP contribution >= 0.6 is 0 Å².